The maximum atomic E-state index is 13.6. The fraction of sp³-hybridized carbons (Fsp3) is 0.478. The molecule has 0 spiro atoms. The van der Waals surface area contributed by atoms with E-state index in [1.165, 1.54) is 33.7 Å². The standard InChI is InChI=1S/C23H26FN3O3S/c24-16-6-8-17(9-7-16)27-21(28)20-18-4-2-1-3-5-19(18)31-22(20)26(23(27)29)11-10-25-12-14-30-15-13-25/h6-9H,1-5,10-15H2. The first-order valence-electron chi connectivity index (χ1n) is 11.0. The quantitative estimate of drug-likeness (QED) is 0.582. The number of fused-ring (bicyclic) bond motifs is 3. The minimum Gasteiger partial charge on any atom is -0.379 e. The van der Waals surface area contributed by atoms with Crippen LogP contribution in [0.4, 0.5) is 4.39 Å². The second-order valence-corrected chi connectivity index (χ2v) is 9.33. The average Bonchev–Trinajstić information content (AvgIpc) is 2.98. The number of aromatic nitrogens is 2. The van der Waals surface area contributed by atoms with Crippen LogP contribution in [-0.2, 0) is 24.1 Å². The summed E-state index contributed by atoms with van der Waals surface area (Å²) in [6.07, 6.45) is 5.16. The van der Waals surface area contributed by atoms with Crippen molar-refractivity contribution < 1.29 is 9.13 Å². The predicted octanol–water partition coefficient (Wildman–Crippen LogP) is 2.95. The second kappa shape index (κ2) is 8.68. The van der Waals surface area contributed by atoms with Gasteiger partial charge in [-0.1, -0.05) is 6.42 Å². The molecule has 6 nitrogen and oxygen atoms in total. The van der Waals surface area contributed by atoms with Gasteiger partial charge < -0.3 is 4.74 Å². The molecule has 3 heterocycles. The van der Waals surface area contributed by atoms with Gasteiger partial charge in [0.05, 0.1) is 24.3 Å². The molecule has 1 saturated heterocycles. The first kappa shape index (κ1) is 20.6. The molecule has 0 bridgehead atoms. The topological polar surface area (TPSA) is 56.5 Å². The molecule has 0 atom stereocenters. The van der Waals surface area contributed by atoms with E-state index in [2.05, 4.69) is 4.90 Å². The highest BCUT2D eigenvalue weighted by atomic mass is 32.1. The van der Waals surface area contributed by atoms with Crippen molar-refractivity contribution in [3.8, 4) is 5.69 Å². The number of ether oxygens (including phenoxy) is 1. The number of thiophene rings is 1. The summed E-state index contributed by atoms with van der Waals surface area (Å²) in [7, 11) is 0. The summed E-state index contributed by atoms with van der Waals surface area (Å²) in [6, 6.07) is 5.58. The van der Waals surface area contributed by atoms with Crippen LogP contribution in [0.5, 0.6) is 0 Å². The Morgan fingerprint density at radius 3 is 2.48 bits per heavy atom. The molecule has 164 valence electrons. The average molecular weight is 444 g/mol. The molecule has 1 fully saturated rings. The molecule has 3 aromatic rings. The SMILES string of the molecule is O=c1c2c3c(sc2n(CCN2CCOCC2)c(=O)n1-c1ccc(F)cc1)CCCCC3. The lowest BCUT2D eigenvalue weighted by Gasteiger charge is -2.26. The fourth-order valence-electron chi connectivity index (χ4n) is 4.63. The molecule has 0 saturated carbocycles. The molecular formula is C23H26FN3O3S. The summed E-state index contributed by atoms with van der Waals surface area (Å²) in [4.78, 5) is 31.4. The maximum Gasteiger partial charge on any atom is 0.336 e. The lowest BCUT2D eigenvalue weighted by molar-refractivity contribution is 0.0364. The largest absolute Gasteiger partial charge is 0.379 e. The van der Waals surface area contributed by atoms with Gasteiger partial charge in [0.15, 0.2) is 0 Å². The van der Waals surface area contributed by atoms with E-state index >= 15 is 0 Å². The van der Waals surface area contributed by atoms with Gasteiger partial charge in [0.25, 0.3) is 5.56 Å². The molecule has 2 aromatic heterocycles. The first-order chi connectivity index (χ1) is 15.1. The molecule has 2 aliphatic rings. The van der Waals surface area contributed by atoms with Crippen molar-refractivity contribution in [2.75, 3.05) is 32.8 Å². The monoisotopic (exact) mass is 443 g/mol. The van der Waals surface area contributed by atoms with Crippen LogP contribution in [0.1, 0.15) is 29.7 Å². The summed E-state index contributed by atoms with van der Waals surface area (Å²) in [5.74, 6) is -0.394. The minimum absolute atomic E-state index is 0.284. The zero-order valence-electron chi connectivity index (χ0n) is 17.4. The maximum absolute atomic E-state index is 13.6. The minimum atomic E-state index is -0.394. The van der Waals surface area contributed by atoms with Crippen molar-refractivity contribution >= 4 is 21.6 Å². The number of morpholine rings is 1. The van der Waals surface area contributed by atoms with Gasteiger partial charge in [-0.25, -0.2) is 13.8 Å². The molecule has 1 aromatic carbocycles. The van der Waals surface area contributed by atoms with E-state index in [1.807, 2.05) is 0 Å². The van der Waals surface area contributed by atoms with E-state index in [1.54, 1.807) is 15.9 Å². The summed E-state index contributed by atoms with van der Waals surface area (Å²) < 4.78 is 21.9. The number of halogens is 1. The van der Waals surface area contributed by atoms with Gasteiger partial charge >= 0.3 is 5.69 Å². The van der Waals surface area contributed by atoms with Crippen LogP contribution in [0.2, 0.25) is 0 Å². The number of nitrogens with zero attached hydrogens (tertiary/aromatic N) is 3. The molecule has 0 radical (unpaired) electrons. The normalized spacial score (nSPS) is 17.6. The third-order valence-electron chi connectivity index (χ3n) is 6.32. The van der Waals surface area contributed by atoms with E-state index < -0.39 is 5.82 Å². The number of aryl methyl sites for hydroxylation is 2. The number of hydrogen-bond donors (Lipinski definition) is 0. The molecule has 0 amide bonds. The van der Waals surface area contributed by atoms with Crippen LogP contribution >= 0.6 is 11.3 Å². The van der Waals surface area contributed by atoms with Crippen LogP contribution in [0, 0.1) is 5.82 Å². The van der Waals surface area contributed by atoms with E-state index in [4.69, 9.17) is 4.74 Å². The summed E-state index contributed by atoms with van der Waals surface area (Å²) in [5, 5.41) is 0.674. The Labute approximate surface area is 183 Å². The smallest absolute Gasteiger partial charge is 0.336 e. The lowest BCUT2D eigenvalue weighted by Crippen LogP contribution is -2.42. The number of rotatable bonds is 4. The highest BCUT2D eigenvalue weighted by molar-refractivity contribution is 7.18. The van der Waals surface area contributed by atoms with Crippen molar-refractivity contribution in [2.24, 2.45) is 0 Å². The molecule has 5 rings (SSSR count). The Balaban J connectivity index is 1.68. The van der Waals surface area contributed by atoms with Crippen LogP contribution in [-0.4, -0.2) is 46.9 Å². The van der Waals surface area contributed by atoms with Gasteiger partial charge in [0, 0.05) is 31.1 Å². The van der Waals surface area contributed by atoms with Gasteiger partial charge in [0.2, 0.25) is 0 Å². The third kappa shape index (κ3) is 3.88. The summed E-state index contributed by atoms with van der Waals surface area (Å²) in [5.41, 5.74) is 0.882. The summed E-state index contributed by atoms with van der Waals surface area (Å²) in [6.45, 7) is 4.32. The van der Waals surface area contributed by atoms with Crippen molar-refractivity contribution in [1.29, 1.82) is 0 Å². The Hall–Kier alpha value is -2.29. The molecule has 1 aliphatic heterocycles. The van der Waals surface area contributed by atoms with E-state index in [0.29, 0.717) is 30.8 Å². The Morgan fingerprint density at radius 2 is 1.71 bits per heavy atom. The van der Waals surface area contributed by atoms with Crippen molar-refractivity contribution in [3.63, 3.8) is 0 Å². The van der Waals surface area contributed by atoms with Gasteiger partial charge in [0.1, 0.15) is 10.6 Å². The first-order valence-corrected chi connectivity index (χ1v) is 11.8. The zero-order chi connectivity index (χ0) is 21.4. The molecule has 0 unspecified atom stereocenters. The van der Waals surface area contributed by atoms with Crippen molar-refractivity contribution in [2.45, 2.75) is 38.6 Å². The molecule has 31 heavy (non-hydrogen) atoms. The highest BCUT2D eigenvalue weighted by Crippen LogP contribution is 2.33. The van der Waals surface area contributed by atoms with Crippen LogP contribution in [0.3, 0.4) is 0 Å². The van der Waals surface area contributed by atoms with E-state index in [9.17, 15) is 14.0 Å². The number of benzene rings is 1. The second-order valence-electron chi connectivity index (χ2n) is 8.25. The molecule has 8 heteroatoms. The van der Waals surface area contributed by atoms with Crippen molar-refractivity contribution in [3.05, 3.63) is 61.4 Å². The fourth-order valence-corrected chi connectivity index (χ4v) is 6.03. The lowest BCUT2D eigenvalue weighted by atomic mass is 10.1. The van der Waals surface area contributed by atoms with Gasteiger partial charge in [-0.05, 0) is 55.5 Å². The van der Waals surface area contributed by atoms with Gasteiger partial charge in [-0.3, -0.25) is 14.3 Å². The van der Waals surface area contributed by atoms with E-state index in [0.717, 1.165) is 62.1 Å². The Bertz CT molecular complexity index is 1210. The van der Waals surface area contributed by atoms with Crippen LogP contribution in [0.25, 0.3) is 15.9 Å². The van der Waals surface area contributed by atoms with E-state index in [-0.39, 0.29) is 11.2 Å². The van der Waals surface area contributed by atoms with Gasteiger partial charge in [-0.2, -0.15) is 0 Å². The van der Waals surface area contributed by atoms with Gasteiger partial charge in [-0.15, -0.1) is 11.3 Å². The highest BCUT2D eigenvalue weighted by Gasteiger charge is 2.24. The summed E-state index contributed by atoms with van der Waals surface area (Å²) >= 11 is 1.61. The van der Waals surface area contributed by atoms with Crippen LogP contribution in [0.15, 0.2) is 33.9 Å². The van der Waals surface area contributed by atoms with Crippen molar-refractivity contribution in [1.82, 2.24) is 14.0 Å². The molecular weight excluding hydrogens is 417 g/mol. The third-order valence-corrected chi connectivity index (χ3v) is 7.63. The Morgan fingerprint density at radius 1 is 0.968 bits per heavy atom. The zero-order valence-corrected chi connectivity index (χ0v) is 18.3. The number of hydrogen-bond acceptors (Lipinski definition) is 5. The molecule has 1 aliphatic carbocycles. The predicted molar refractivity (Wildman–Crippen MR) is 120 cm³/mol. The van der Waals surface area contributed by atoms with Crippen LogP contribution < -0.4 is 11.2 Å². The molecule has 0 N–H and O–H groups in total. The Kier molecular flexibility index (Phi) is 5.77.